The van der Waals surface area contributed by atoms with Gasteiger partial charge < -0.3 is 20.1 Å². The normalized spacial score (nSPS) is 28.0. The summed E-state index contributed by atoms with van der Waals surface area (Å²) in [5.74, 6) is 0.888. The summed E-state index contributed by atoms with van der Waals surface area (Å²) in [4.78, 5) is 2.25. The Labute approximate surface area is 115 Å². The van der Waals surface area contributed by atoms with Crippen molar-refractivity contribution in [2.45, 2.75) is 32.4 Å². The molecule has 1 heterocycles. The third-order valence-corrected chi connectivity index (χ3v) is 3.47. The molecule has 4 heteroatoms. The van der Waals surface area contributed by atoms with Gasteiger partial charge in [-0.15, -0.1) is 0 Å². The first-order chi connectivity index (χ1) is 9.02. The predicted molar refractivity (Wildman–Crippen MR) is 77.9 cm³/mol. The largest absolute Gasteiger partial charge is 0.494 e. The molecule has 0 saturated carbocycles. The van der Waals surface area contributed by atoms with Crippen LogP contribution in [0.4, 0.5) is 5.69 Å². The monoisotopic (exact) mass is 264 g/mol. The molecule has 2 atom stereocenters. The van der Waals surface area contributed by atoms with E-state index < -0.39 is 5.60 Å². The highest BCUT2D eigenvalue weighted by molar-refractivity contribution is 5.50. The molecule has 106 valence electrons. The zero-order chi connectivity index (χ0) is 13.9. The Morgan fingerprint density at radius 3 is 2.74 bits per heavy atom. The molecule has 1 aliphatic rings. The fourth-order valence-corrected chi connectivity index (χ4v) is 2.49. The highest BCUT2D eigenvalue weighted by atomic mass is 16.5. The lowest BCUT2D eigenvalue weighted by atomic mass is 10.1. The number of β-amino-alcohol motifs (C(OH)–C–C–N with tert-alkyl or cyclic N) is 1. The number of hydrogen-bond donors (Lipinski definition) is 2. The van der Waals surface area contributed by atoms with Gasteiger partial charge in [0.1, 0.15) is 5.75 Å². The van der Waals surface area contributed by atoms with E-state index in [4.69, 9.17) is 4.74 Å². The minimum atomic E-state index is -0.705. The van der Waals surface area contributed by atoms with Gasteiger partial charge >= 0.3 is 0 Å². The molecular formula is C15H24N2O2. The first kappa shape index (κ1) is 14.2. The molecule has 4 nitrogen and oxygen atoms in total. The minimum absolute atomic E-state index is 0.354. The fraction of sp³-hybridized carbons (Fsp3) is 0.600. The van der Waals surface area contributed by atoms with E-state index in [1.165, 1.54) is 0 Å². The smallest absolute Gasteiger partial charge is 0.119 e. The maximum absolute atomic E-state index is 10.3. The maximum atomic E-state index is 10.3. The molecule has 19 heavy (non-hydrogen) atoms. The quantitative estimate of drug-likeness (QED) is 0.871. The standard InChI is InChI=1S/C15H24N2O2/c1-4-19-14-7-5-13(6-8-14)17-11-15(3,18)10-16-9-12(17)2/h5-8,12,16,18H,4,9-11H2,1-3H3. The Morgan fingerprint density at radius 2 is 2.11 bits per heavy atom. The Balaban J connectivity index is 2.17. The molecule has 2 unspecified atom stereocenters. The first-order valence-electron chi connectivity index (χ1n) is 6.94. The van der Waals surface area contributed by atoms with Crippen molar-refractivity contribution in [2.75, 3.05) is 31.1 Å². The van der Waals surface area contributed by atoms with Crippen LogP contribution >= 0.6 is 0 Å². The third kappa shape index (κ3) is 3.61. The van der Waals surface area contributed by atoms with Crippen LogP contribution in [0.15, 0.2) is 24.3 Å². The number of rotatable bonds is 3. The van der Waals surface area contributed by atoms with Gasteiger partial charge in [0, 0.05) is 31.4 Å². The van der Waals surface area contributed by atoms with Gasteiger partial charge in [0.2, 0.25) is 0 Å². The molecule has 0 amide bonds. The van der Waals surface area contributed by atoms with Crippen LogP contribution in [0.25, 0.3) is 0 Å². The van der Waals surface area contributed by atoms with Gasteiger partial charge in [0.25, 0.3) is 0 Å². The summed E-state index contributed by atoms with van der Waals surface area (Å²) < 4.78 is 5.46. The average Bonchev–Trinajstić information content (AvgIpc) is 2.50. The maximum Gasteiger partial charge on any atom is 0.119 e. The summed E-state index contributed by atoms with van der Waals surface area (Å²) in [6.45, 7) is 8.85. The Kier molecular flexibility index (Phi) is 4.32. The van der Waals surface area contributed by atoms with E-state index in [1.807, 2.05) is 26.0 Å². The van der Waals surface area contributed by atoms with Crippen molar-refractivity contribution < 1.29 is 9.84 Å². The number of ether oxygens (including phenoxy) is 1. The second-order valence-corrected chi connectivity index (χ2v) is 5.53. The first-order valence-corrected chi connectivity index (χ1v) is 6.94. The van der Waals surface area contributed by atoms with Gasteiger partial charge in [-0.3, -0.25) is 0 Å². The number of nitrogens with zero attached hydrogens (tertiary/aromatic N) is 1. The number of aliphatic hydroxyl groups is 1. The fourth-order valence-electron chi connectivity index (χ4n) is 2.49. The molecular weight excluding hydrogens is 240 g/mol. The summed E-state index contributed by atoms with van der Waals surface area (Å²) in [7, 11) is 0. The van der Waals surface area contributed by atoms with Crippen LogP contribution < -0.4 is 15.0 Å². The Hall–Kier alpha value is -1.26. The molecule has 2 rings (SSSR count). The molecule has 0 aliphatic carbocycles. The molecule has 0 bridgehead atoms. The molecule has 1 saturated heterocycles. The van der Waals surface area contributed by atoms with Crippen LogP contribution in [0.2, 0.25) is 0 Å². The van der Waals surface area contributed by atoms with E-state index in [1.54, 1.807) is 0 Å². The van der Waals surface area contributed by atoms with E-state index in [0.29, 0.717) is 25.7 Å². The zero-order valence-electron chi connectivity index (χ0n) is 12.0. The van der Waals surface area contributed by atoms with Crippen LogP contribution in [0.5, 0.6) is 5.75 Å². The number of hydrogen-bond acceptors (Lipinski definition) is 4. The molecule has 2 N–H and O–H groups in total. The third-order valence-electron chi connectivity index (χ3n) is 3.47. The molecule has 0 spiro atoms. The number of nitrogens with one attached hydrogen (secondary N) is 1. The van der Waals surface area contributed by atoms with Crippen molar-refractivity contribution in [3.05, 3.63) is 24.3 Å². The van der Waals surface area contributed by atoms with Crippen LogP contribution in [0, 0.1) is 0 Å². The van der Waals surface area contributed by atoms with Gasteiger partial charge in [-0.25, -0.2) is 0 Å². The van der Waals surface area contributed by atoms with Crippen LogP contribution in [0.1, 0.15) is 20.8 Å². The topological polar surface area (TPSA) is 44.7 Å². The zero-order valence-corrected chi connectivity index (χ0v) is 12.0. The summed E-state index contributed by atoms with van der Waals surface area (Å²) in [6.07, 6.45) is 0. The van der Waals surface area contributed by atoms with E-state index >= 15 is 0 Å². The van der Waals surface area contributed by atoms with Gasteiger partial charge in [-0.2, -0.15) is 0 Å². The van der Waals surface area contributed by atoms with Crippen molar-refractivity contribution >= 4 is 5.69 Å². The Morgan fingerprint density at radius 1 is 1.42 bits per heavy atom. The number of benzene rings is 1. The second-order valence-electron chi connectivity index (χ2n) is 5.53. The lowest BCUT2D eigenvalue weighted by Gasteiger charge is -2.33. The average molecular weight is 264 g/mol. The van der Waals surface area contributed by atoms with Crippen molar-refractivity contribution in [3.8, 4) is 5.75 Å². The SMILES string of the molecule is CCOc1ccc(N2CC(C)(O)CNCC2C)cc1. The van der Waals surface area contributed by atoms with E-state index in [9.17, 15) is 5.11 Å². The van der Waals surface area contributed by atoms with Gasteiger partial charge in [-0.1, -0.05) is 0 Å². The van der Waals surface area contributed by atoms with E-state index in [2.05, 4.69) is 29.3 Å². The number of anilines is 1. The van der Waals surface area contributed by atoms with Crippen LogP contribution in [-0.2, 0) is 0 Å². The van der Waals surface area contributed by atoms with Crippen molar-refractivity contribution in [3.63, 3.8) is 0 Å². The molecule has 0 radical (unpaired) electrons. The summed E-state index contributed by atoms with van der Waals surface area (Å²) in [5, 5.41) is 13.6. The molecule has 1 aromatic carbocycles. The molecule has 1 aliphatic heterocycles. The van der Waals surface area contributed by atoms with Crippen molar-refractivity contribution in [1.29, 1.82) is 0 Å². The van der Waals surface area contributed by atoms with Gasteiger partial charge in [-0.05, 0) is 45.0 Å². The van der Waals surface area contributed by atoms with E-state index in [-0.39, 0.29) is 0 Å². The van der Waals surface area contributed by atoms with Crippen molar-refractivity contribution in [1.82, 2.24) is 5.32 Å². The Bertz CT molecular complexity index is 403. The molecule has 1 fully saturated rings. The van der Waals surface area contributed by atoms with Crippen molar-refractivity contribution in [2.24, 2.45) is 0 Å². The lowest BCUT2D eigenvalue weighted by Crippen LogP contribution is -2.45. The lowest BCUT2D eigenvalue weighted by molar-refractivity contribution is 0.0726. The highest BCUT2D eigenvalue weighted by Crippen LogP contribution is 2.24. The van der Waals surface area contributed by atoms with Gasteiger partial charge in [0.15, 0.2) is 0 Å². The van der Waals surface area contributed by atoms with Crippen LogP contribution in [0.3, 0.4) is 0 Å². The predicted octanol–water partition coefficient (Wildman–Crippen LogP) is 1.63. The van der Waals surface area contributed by atoms with Gasteiger partial charge in [0.05, 0.1) is 12.2 Å². The molecule has 1 aromatic rings. The highest BCUT2D eigenvalue weighted by Gasteiger charge is 2.30. The summed E-state index contributed by atoms with van der Waals surface area (Å²) in [5.41, 5.74) is 0.420. The summed E-state index contributed by atoms with van der Waals surface area (Å²) in [6, 6.07) is 8.44. The summed E-state index contributed by atoms with van der Waals surface area (Å²) >= 11 is 0. The van der Waals surface area contributed by atoms with E-state index in [0.717, 1.165) is 18.0 Å². The minimum Gasteiger partial charge on any atom is -0.494 e. The molecule has 0 aromatic heterocycles. The van der Waals surface area contributed by atoms with Crippen LogP contribution in [-0.4, -0.2) is 43.0 Å². The second kappa shape index (κ2) is 5.80.